The second-order valence-electron chi connectivity index (χ2n) is 8.99. The molecule has 37 heavy (non-hydrogen) atoms. The van der Waals surface area contributed by atoms with Gasteiger partial charge < -0.3 is 0 Å². The number of aromatic nitrogens is 7. The smallest absolute Gasteiger partial charge is 0.292 e. The summed E-state index contributed by atoms with van der Waals surface area (Å²) in [6, 6.07) is 8.81. The van der Waals surface area contributed by atoms with Gasteiger partial charge in [-0.15, -0.1) is 5.10 Å². The zero-order chi connectivity index (χ0) is 26.5. The van der Waals surface area contributed by atoms with Gasteiger partial charge in [0.2, 0.25) is 5.91 Å². The van der Waals surface area contributed by atoms with Gasteiger partial charge in [0.1, 0.15) is 17.2 Å². The van der Waals surface area contributed by atoms with E-state index in [1.165, 1.54) is 4.68 Å². The maximum absolute atomic E-state index is 13.1. The molecule has 3 aromatic heterocycles. The van der Waals surface area contributed by atoms with E-state index in [1.807, 2.05) is 19.9 Å². The van der Waals surface area contributed by atoms with E-state index in [0.717, 1.165) is 5.56 Å². The number of amides is 1. The van der Waals surface area contributed by atoms with Gasteiger partial charge in [-0.3, -0.25) is 14.4 Å². The summed E-state index contributed by atoms with van der Waals surface area (Å²) in [6.45, 7) is 6.66. The number of benzene rings is 1. The van der Waals surface area contributed by atoms with E-state index in [0.29, 0.717) is 40.8 Å². The zero-order valence-electron chi connectivity index (χ0n) is 20.4. The highest BCUT2D eigenvalue weighted by Crippen LogP contribution is 2.34. The van der Waals surface area contributed by atoms with Crippen LogP contribution in [0.2, 0.25) is 5.02 Å². The fourth-order valence-electron chi connectivity index (χ4n) is 4.35. The molecule has 5 rings (SSSR count). The summed E-state index contributed by atoms with van der Waals surface area (Å²) >= 11 is 6.41. The fraction of sp³-hybridized carbons (Fsp3) is 0.375. The number of hydrogen-bond donors (Lipinski definition) is 0. The molecule has 1 aromatic carbocycles. The van der Waals surface area contributed by atoms with Crippen molar-refractivity contribution in [2.24, 2.45) is 0 Å². The average molecular weight is 533 g/mol. The van der Waals surface area contributed by atoms with Crippen LogP contribution in [0.1, 0.15) is 44.6 Å². The largest absolute Gasteiger partial charge is 0.453 e. The highest BCUT2D eigenvalue weighted by Gasteiger charge is 2.37. The molecule has 0 unspecified atom stereocenters. The predicted octanol–water partition coefficient (Wildman–Crippen LogP) is 5.22. The minimum atomic E-state index is -4.62. The van der Waals surface area contributed by atoms with E-state index in [9.17, 15) is 18.0 Å². The van der Waals surface area contributed by atoms with Crippen LogP contribution in [-0.2, 0) is 30.6 Å². The van der Waals surface area contributed by atoms with Gasteiger partial charge in [0.25, 0.3) is 5.82 Å². The molecule has 9 nitrogen and oxygen atoms in total. The second kappa shape index (κ2) is 9.33. The number of rotatable bonds is 6. The van der Waals surface area contributed by atoms with Crippen LogP contribution in [-0.4, -0.2) is 40.2 Å². The van der Waals surface area contributed by atoms with E-state index in [1.54, 1.807) is 51.6 Å². The third-order valence-electron chi connectivity index (χ3n) is 6.13. The van der Waals surface area contributed by atoms with Gasteiger partial charge in [0, 0.05) is 30.6 Å². The summed E-state index contributed by atoms with van der Waals surface area (Å²) in [6.07, 6.45) is -2.75. The molecule has 194 valence electrons. The molecule has 1 aliphatic heterocycles. The van der Waals surface area contributed by atoms with Crippen molar-refractivity contribution in [3.05, 3.63) is 52.9 Å². The lowest BCUT2D eigenvalue weighted by molar-refractivity contribution is -0.145. The maximum atomic E-state index is 13.1. The highest BCUT2D eigenvalue weighted by molar-refractivity contribution is 6.33. The topological polar surface area (TPSA) is 86.7 Å². The van der Waals surface area contributed by atoms with Gasteiger partial charge in [-0.2, -0.15) is 23.4 Å². The Balaban J connectivity index is 1.43. The molecule has 0 spiro atoms. The van der Waals surface area contributed by atoms with Crippen LogP contribution in [0.4, 0.5) is 19.0 Å². The van der Waals surface area contributed by atoms with Crippen LogP contribution in [0.25, 0.3) is 22.8 Å². The number of fused-ring (bicyclic) bond motifs is 1. The Kier molecular flexibility index (Phi) is 6.30. The van der Waals surface area contributed by atoms with Gasteiger partial charge in [0.05, 0.1) is 24.3 Å². The number of halogens is 4. The summed E-state index contributed by atoms with van der Waals surface area (Å²) in [5, 5.41) is 13.1. The zero-order valence-corrected chi connectivity index (χ0v) is 21.1. The monoisotopic (exact) mass is 532 g/mol. The molecule has 1 amide bonds. The Morgan fingerprint density at radius 1 is 1.14 bits per heavy atom. The molecular formula is C24H24ClF3N8O. The number of alkyl halides is 3. The lowest BCUT2D eigenvalue weighted by atomic mass is 10.1. The highest BCUT2D eigenvalue weighted by atomic mass is 35.5. The number of nitrogens with zero attached hydrogens (tertiary/aromatic N) is 8. The molecule has 0 radical (unpaired) electrons. The summed E-state index contributed by atoms with van der Waals surface area (Å²) in [5.74, 6) is -0.442. The Morgan fingerprint density at radius 2 is 1.86 bits per heavy atom. The van der Waals surface area contributed by atoms with E-state index in [-0.39, 0.29) is 30.9 Å². The molecule has 4 aromatic rings. The molecule has 0 bridgehead atoms. The van der Waals surface area contributed by atoms with Crippen LogP contribution in [0.5, 0.6) is 0 Å². The van der Waals surface area contributed by atoms with Gasteiger partial charge in [-0.25, -0.2) is 14.3 Å². The van der Waals surface area contributed by atoms with E-state index < -0.39 is 12.0 Å². The van der Waals surface area contributed by atoms with Crippen LogP contribution in [0, 0.1) is 0 Å². The van der Waals surface area contributed by atoms with Crippen LogP contribution >= 0.6 is 11.6 Å². The molecule has 13 heteroatoms. The Morgan fingerprint density at radius 3 is 2.51 bits per heavy atom. The number of carbonyl (C=O) groups is 1. The minimum absolute atomic E-state index is 0.0490. The van der Waals surface area contributed by atoms with Crippen molar-refractivity contribution in [3.8, 4) is 22.8 Å². The van der Waals surface area contributed by atoms with Gasteiger partial charge in [0.15, 0.2) is 5.82 Å². The quantitative estimate of drug-likeness (QED) is 0.340. The molecule has 0 N–H and O–H groups in total. The summed E-state index contributed by atoms with van der Waals surface area (Å²) in [5.41, 5.74) is 2.62. The lowest BCUT2D eigenvalue weighted by Crippen LogP contribution is -2.36. The summed E-state index contributed by atoms with van der Waals surface area (Å²) in [7, 11) is 0. The standard InChI is InChI=1S/C24H24ClF3N8O/c1-4-34-22(30-23(32-34)24(26,27)28)16-7-5-15(6-8-16)13-33-19-11-18(31-35(19)10-9-20(33)37)21-17(25)12-29-36(21)14(2)3/h5-8,11-12,14H,4,9-10,13H2,1-3H3. The number of carbonyl (C=O) groups excluding carboxylic acids is 1. The van der Waals surface area contributed by atoms with Gasteiger partial charge >= 0.3 is 6.18 Å². The van der Waals surface area contributed by atoms with Crippen LogP contribution < -0.4 is 4.90 Å². The van der Waals surface area contributed by atoms with Crippen molar-refractivity contribution in [1.82, 2.24) is 34.3 Å². The Hall–Kier alpha value is -3.67. The molecule has 0 aliphatic carbocycles. The average Bonchev–Trinajstić information content (AvgIpc) is 3.57. The first kappa shape index (κ1) is 25.0. The normalized spacial score (nSPS) is 14.1. The first-order chi connectivity index (χ1) is 17.6. The molecule has 0 saturated heterocycles. The van der Waals surface area contributed by atoms with Crippen molar-refractivity contribution in [1.29, 1.82) is 0 Å². The third-order valence-corrected chi connectivity index (χ3v) is 6.41. The van der Waals surface area contributed by atoms with Gasteiger partial charge in [-0.05, 0) is 26.3 Å². The number of aryl methyl sites for hydroxylation is 2. The number of anilines is 1. The minimum Gasteiger partial charge on any atom is -0.292 e. The predicted molar refractivity (Wildman–Crippen MR) is 131 cm³/mol. The van der Waals surface area contributed by atoms with E-state index in [4.69, 9.17) is 11.6 Å². The first-order valence-electron chi connectivity index (χ1n) is 11.8. The van der Waals surface area contributed by atoms with Crippen LogP contribution in [0.15, 0.2) is 36.5 Å². The van der Waals surface area contributed by atoms with E-state index >= 15 is 0 Å². The molecule has 0 saturated carbocycles. The molecule has 4 heterocycles. The second-order valence-corrected chi connectivity index (χ2v) is 9.40. The number of hydrogen-bond acceptors (Lipinski definition) is 5. The van der Waals surface area contributed by atoms with Crippen molar-refractivity contribution >= 4 is 23.3 Å². The molecule has 1 aliphatic rings. The summed E-state index contributed by atoms with van der Waals surface area (Å²) < 4.78 is 44.1. The lowest BCUT2D eigenvalue weighted by Gasteiger charge is -2.27. The third kappa shape index (κ3) is 4.61. The maximum Gasteiger partial charge on any atom is 0.453 e. The summed E-state index contributed by atoms with van der Waals surface area (Å²) in [4.78, 5) is 18.2. The van der Waals surface area contributed by atoms with Crippen LogP contribution in [0.3, 0.4) is 0 Å². The SMILES string of the molecule is CCn1nc(C(F)(F)F)nc1-c1ccc(CN2C(=O)CCn3nc(-c4c(Cl)cnn4C(C)C)cc32)cc1. The van der Waals surface area contributed by atoms with Crippen molar-refractivity contribution in [3.63, 3.8) is 0 Å². The Labute approximate surface area is 215 Å². The molecular weight excluding hydrogens is 509 g/mol. The Bertz CT molecular complexity index is 1450. The molecule has 0 fully saturated rings. The van der Waals surface area contributed by atoms with Crippen molar-refractivity contribution < 1.29 is 18.0 Å². The van der Waals surface area contributed by atoms with Crippen molar-refractivity contribution in [2.45, 2.75) is 59.0 Å². The van der Waals surface area contributed by atoms with Gasteiger partial charge in [-0.1, -0.05) is 35.9 Å². The molecule has 0 atom stereocenters. The fourth-order valence-corrected chi connectivity index (χ4v) is 4.58. The van der Waals surface area contributed by atoms with Crippen molar-refractivity contribution in [2.75, 3.05) is 4.90 Å². The first-order valence-corrected chi connectivity index (χ1v) is 12.2. The van der Waals surface area contributed by atoms with E-state index in [2.05, 4.69) is 20.3 Å².